The fourth-order valence-electron chi connectivity index (χ4n) is 4.66. The Morgan fingerprint density at radius 1 is 0.412 bits per heavy atom. The summed E-state index contributed by atoms with van der Waals surface area (Å²) in [5, 5.41) is 2.64. The van der Waals surface area contributed by atoms with Crippen molar-refractivity contribution in [2.75, 3.05) is 0 Å². The van der Waals surface area contributed by atoms with Crippen molar-refractivity contribution in [1.29, 1.82) is 0 Å². The smallest absolute Gasteiger partial charge is 0.131 e. The lowest BCUT2D eigenvalue weighted by atomic mass is 9.91. The predicted octanol–water partition coefficient (Wildman–Crippen LogP) is 8.06. The van der Waals surface area contributed by atoms with Crippen LogP contribution in [0.15, 0.2) is 109 Å². The molecular formula is C30H18F2N2. The van der Waals surface area contributed by atoms with Gasteiger partial charge in [-0.25, -0.2) is 8.78 Å². The van der Waals surface area contributed by atoms with Gasteiger partial charge in [-0.2, -0.15) is 0 Å². The lowest BCUT2D eigenvalue weighted by Gasteiger charge is -2.15. The molecule has 0 radical (unpaired) electrons. The number of aromatic nitrogens is 2. The van der Waals surface area contributed by atoms with E-state index in [0.29, 0.717) is 33.3 Å². The van der Waals surface area contributed by atoms with Crippen molar-refractivity contribution in [1.82, 2.24) is 9.97 Å². The number of rotatable bonds is 3. The summed E-state index contributed by atoms with van der Waals surface area (Å²) in [5.74, 6) is -0.598. The number of pyridine rings is 2. The highest BCUT2D eigenvalue weighted by Gasteiger charge is 2.19. The van der Waals surface area contributed by atoms with Crippen molar-refractivity contribution in [2.45, 2.75) is 0 Å². The highest BCUT2D eigenvalue weighted by molar-refractivity contribution is 6.03. The van der Waals surface area contributed by atoms with E-state index in [1.165, 1.54) is 12.1 Å². The minimum Gasteiger partial charge on any atom is -0.256 e. The van der Waals surface area contributed by atoms with E-state index >= 15 is 0 Å². The molecule has 0 fully saturated rings. The highest BCUT2D eigenvalue weighted by atomic mass is 19.1. The van der Waals surface area contributed by atoms with Gasteiger partial charge in [0.25, 0.3) is 0 Å². The van der Waals surface area contributed by atoms with Gasteiger partial charge < -0.3 is 0 Å². The molecule has 0 atom stereocenters. The second kappa shape index (κ2) is 8.16. The van der Waals surface area contributed by atoms with Crippen molar-refractivity contribution in [3.05, 3.63) is 121 Å². The SMILES string of the molecule is Fc1cccc2cccc(-c3ncccc3-c3cccnc3-c3cccc4cccc(F)c34)c12. The summed E-state index contributed by atoms with van der Waals surface area (Å²) in [4.78, 5) is 9.33. The van der Waals surface area contributed by atoms with Crippen LogP contribution in [0.2, 0.25) is 0 Å². The summed E-state index contributed by atoms with van der Waals surface area (Å²) in [5.41, 5.74) is 4.29. The molecule has 4 heteroatoms. The summed E-state index contributed by atoms with van der Waals surface area (Å²) < 4.78 is 29.9. The van der Waals surface area contributed by atoms with Gasteiger partial charge in [0.15, 0.2) is 0 Å². The summed E-state index contributed by atoms with van der Waals surface area (Å²) in [6, 6.07) is 29.0. The van der Waals surface area contributed by atoms with Crippen LogP contribution in [0, 0.1) is 11.6 Å². The van der Waals surface area contributed by atoms with E-state index < -0.39 is 0 Å². The highest BCUT2D eigenvalue weighted by Crippen LogP contribution is 2.40. The molecule has 0 amide bonds. The molecule has 0 spiro atoms. The third-order valence-electron chi connectivity index (χ3n) is 6.12. The largest absolute Gasteiger partial charge is 0.256 e. The average molecular weight is 444 g/mol. The molecule has 2 heterocycles. The molecule has 2 aromatic heterocycles. The van der Waals surface area contributed by atoms with E-state index in [2.05, 4.69) is 9.97 Å². The molecule has 0 saturated carbocycles. The number of nitrogens with zero attached hydrogens (tertiary/aromatic N) is 2. The Balaban J connectivity index is 1.65. The molecule has 2 nitrogen and oxygen atoms in total. The molecule has 6 rings (SSSR count). The van der Waals surface area contributed by atoms with E-state index in [9.17, 15) is 8.78 Å². The van der Waals surface area contributed by atoms with Crippen molar-refractivity contribution in [3.63, 3.8) is 0 Å². The van der Waals surface area contributed by atoms with Gasteiger partial charge in [-0.05, 0) is 35.0 Å². The quantitative estimate of drug-likeness (QED) is 0.276. The van der Waals surface area contributed by atoms with Crippen LogP contribution in [0.25, 0.3) is 55.2 Å². The zero-order chi connectivity index (χ0) is 23.1. The van der Waals surface area contributed by atoms with Crippen LogP contribution in [0.5, 0.6) is 0 Å². The van der Waals surface area contributed by atoms with Gasteiger partial charge in [-0.1, -0.05) is 72.8 Å². The van der Waals surface area contributed by atoms with E-state index in [1.807, 2.05) is 72.8 Å². The topological polar surface area (TPSA) is 25.8 Å². The molecule has 0 bridgehead atoms. The summed E-state index contributed by atoms with van der Waals surface area (Å²) >= 11 is 0. The van der Waals surface area contributed by atoms with E-state index in [-0.39, 0.29) is 11.6 Å². The Bertz CT molecular complexity index is 1550. The minimum absolute atomic E-state index is 0.299. The molecule has 0 saturated heterocycles. The van der Waals surface area contributed by atoms with Crippen molar-refractivity contribution in [3.8, 4) is 33.6 Å². The number of fused-ring (bicyclic) bond motifs is 2. The van der Waals surface area contributed by atoms with Gasteiger partial charge >= 0.3 is 0 Å². The molecule has 0 aliphatic carbocycles. The van der Waals surface area contributed by atoms with Gasteiger partial charge in [0.05, 0.1) is 11.4 Å². The number of halogens is 2. The Hall–Kier alpha value is -4.44. The van der Waals surface area contributed by atoms with E-state index in [0.717, 1.165) is 21.9 Å². The Labute approximate surface area is 195 Å². The maximum atomic E-state index is 14.9. The molecule has 34 heavy (non-hydrogen) atoms. The third kappa shape index (κ3) is 3.23. The van der Waals surface area contributed by atoms with E-state index in [4.69, 9.17) is 0 Å². The first-order valence-electron chi connectivity index (χ1n) is 11.0. The summed E-state index contributed by atoms with van der Waals surface area (Å²) in [7, 11) is 0. The fourth-order valence-corrected chi connectivity index (χ4v) is 4.66. The molecular weight excluding hydrogens is 426 g/mol. The average Bonchev–Trinajstić information content (AvgIpc) is 2.88. The van der Waals surface area contributed by atoms with Gasteiger partial charge in [0.1, 0.15) is 11.6 Å². The van der Waals surface area contributed by atoms with E-state index in [1.54, 1.807) is 24.5 Å². The molecule has 162 valence electrons. The second-order valence-electron chi connectivity index (χ2n) is 8.09. The van der Waals surface area contributed by atoms with Crippen LogP contribution in [0.4, 0.5) is 8.78 Å². The normalized spacial score (nSPS) is 11.2. The van der Waals surface area contributed by atoms with Gasteiger partial charge in [-0.3, -0.25) is 9.97 Å². The standard InChI is InChI=1S/C30H18F2N2/c31-25-15-3-9-19-7-1-11-23(27(19)25)29-21(13-5-17-33-29)22-14-6-18-34-30(22)24-12-2-8-20-10-4-16-26(32)28(20)24/h1-18H. The number of benzene rings is 4. The molecule has 0 aliphatic rings. The first-order valence-corrected chi connectivity index (χ1v) is 11.0. The van der Waals surface area contributed by atoms with Gasteiger partial charge in [-0.15, -0.1) is 0 Å². The maximum Gasteiger partial charge on any atom is 0.131 e. The molecule has 0 unspecified atom stereocenters. The minimum atomic E-state index is -0.299. The van der Waals surface area contributed by atoms with Crippen LogP contribution < -0.4 is 0 Å². The van der Waals surface area contributed by atoms with Crippen molar-refractivity contribution < 1.29 is 8.78 Å². The van der Waals surface area contributed by atoms with Crippen molar-refractivity contribution in [2.24, 2.45) is 0 Å². The Morgan fingerprint density at radius 2 is 0.794 bits per heavy atom. The third-order valence-corrected chi connectivity index (χ3v) is 6.12. The zero-order valence-corrected chi connectivity index (χ0v) is 18.0. The number of hydrogen-bond acceptors (Lipinski definition) is 2. The van der Waals surface area contributed by atoms with Crippen LogP contribution in [0.1, 0.15) is 0 Å². The molecule has 0 N–H and O–H groups in total. The zero-order valence-electron chi connectivity index (χ0n) is 18.0. The maximum absolute atomic E-state index is 14.9. The summed E-state index contributed by atoms with van der Waals surface area (Å²) in [6.07, 6.45) is 3.40. The van der Waals surface area contributed by atoms with Gasteiger partial charge in [0.2, 0.25) is 0 Å². The Morgan fingerprint density at radius 3 is 1.24 bits per heavy atom. The summed E-state index contributed by atoms with van der Waals surface area (Å²) in [6.45, 7) is 0. The van der Waals surface area contributed by atoms with Gasteiger partial charge in [0, 0.05) is 45.4 Å². The van der Waals surface area contributed by atoms with Crippen LogP contribution in [-0.2, 0) is 0 Å². The van der Waals surface area contributed by atoms with Crippen LogP contribution in [-0.4, -0.2) is 9.97 Å². The lowest BCUT2D eigenvalue weighted by Crippen LogP contribution is -1.96. The number of hydrogen-bond donors (Lipinski definition) is 0. The monoisotopic (exact) mass is 444 g/mol. The first kappa shape index (κ1) is 20.2. The molecule has 6 aromatic rings. The lowest BCUT2D eigenvalue weighted by molar-refractivity contribution is 0.639. The molecule has 4 aromatic carbocycles. The van der Waals surface area contributed by atoms with Crippen LogP contribution in [0.3, 0.4) is 0 Å². The first-order chi connectivity index (χ1) is 16.7. The second-order valence-corrected chi connectivity index (χ2v) is 8.09. The molecule has 0 aliphatic heterocycles. The van der Waals surface area contributed by atoms with Crippen LogP contribution >= 0.6 is 0 Å². The fraction of sp³-hybridized carbons (Fsp3) is 0. The predicted molar refractivity (Wildman–Crippen MR) is 133 cm³/mol. The Kier molecular flexibility index (Phi) is 4.84. The van der Waals surface area contributed by atoms with Crippen molar-refractivity contribution >= 4 is 21.5 Å².